The van der Waals surface area contributed by atoms with Gasteiger partial charge in [0.05, 0.1) is 12.1 Å². The van der Waals surface area contributed by atoms with Crippen LogP contribution in [0, 0.1) is 17.1 Å². The number of imide groups is 1. The molecule has 1 aromatic carbocycles. The number of nitriles is 1. The molecule has 1 rings (SSSR count). The maximum Gasteiger partial charge on any atom is 0.318 e. The Hall–Kier alpha value is -2.62. The van der Waals surface area contributed by atoms with Crippen LogP contribution in [0.5, 0.6) is 0 Å². The normalized spacial score (nSPS) is 9.18. The van der Waals surface area contributed by atoms with E-state index in [1.54, 1.807) is 6.07 Å². The number of hydrogen-bond acceptors (Lipinski definition) is 4. The third kappa shape index (κ3) is 3.79. The molecule has 88 valence electrons. The molecule has 0 spiro atoms. The number of carbonyl (C=O) groups is 2. The van der Waals surface area contributed by atoms with E-state index in [0.717, 1.165) is 6.07 Å². The van der Waals surface area contributed by atoms with Crippen molar-refractivity contribution >= 4 is 17.6 Å². The van der Waals surface area contributed by atoms with Crippen molar-refractivity contribution in [2.75, 3.05) is 11.9 Å². The first-order valence-electron chi connectivity index (χ1n) is 4.55. The number of benzene rings is 1. The van der Waals surface area contributed by atoms with Crippen LogP contribution in [0.25, 0.3) is 0 Å². The topological polar surface area (TPSA) is 108 Å². The smallest absolute Gasteiger partial charge is 0.318 e. The minimum atomic E-state index is -0.950. The zero-order valence-electron chi connectivity index (χ0n) is 8.66. The van der Waals surface area contributed by atoms with Gasteiger partial charge >= 0.3 is 6.03 Å². The second kappa shape index (κ2) is 5.46. The van der Waals surface area contributed by atoms with Gasteiger partial charge in [-0.3, -0.25) is 10.1 Å². The van der Waals surface area contributed by atoms with Gasteiger partial charge < -0.3 is 11.1 Å². The summed E-state index contributed by atoms with van der Waals surface area (Å²) in [5.41, 5.74) is 4.99. The Morgan fingerprint density at radius 1 is 1.47 bits per heavy atom. The molecule has 0 aliphatic carbocycles. The van der Waals surface area contributed by atoms with Crippen molar-refractivity contribution in [1.82, 2.24) is 5.32 Å². The average molecular weight is 236 g/mol. The molecule has 4 N–H and O–H groups in total. The molecule has 17 heavy (non-hydrogen) atoms. The van der Waals surface area contributed by atoms with Crippen LogP contribution in [0.4, 0.5) is 14.9 Å². The molecule has 0 aromatic heterocycles. The van der Waals surface area contributed by atoms with Gasteiger partial charge in [-0.15, -0.1) is 0 Å². The first-order chi connectivity index (χ1) is 8.02. The van der Waals surface area contributed by atoms with Crippen LogP contribution in [0.2, 0.25) is 0 Å². The highest BCUT2D eigenvalue weighted by Crippen LogP contribution is 2.13. The predicted molar refractivity (Wildman–Crippen MR) is 57.3 cm³/mol. The molecular formula is C10H9FN4O2. The molecule has 0 heterocycles. The van der Waals surface area contributed by atoms with E-state index in [4.69, 9.17) is 11.0 Å². The highest BCUT2D eigenvalue weighted by Gasteiger charge is 2.05. The molecule has 0 unspecified atom stereocenters. The van der Waals surface area contributed by atoms with Crippen molar-refractivity contribution in [1.29, 1.82) is 5.26 Å². The summed E-state index contributed by atoms with van der Waals surface area (Å²) in [6.45, 7) is -0.209. The molecule has 0 atom stereocenters. The third-order valence-electron chi connectivity index (χ3n) is 1.80. The Morgan fingerprint density at radius 2 is 2.18 bits per heavy atom. The second-order valence-electron chi connectivity index (χ2n) is 3.07. The first-order valence-corrected chi connectivity index (χ1v) is 4.55. The summed E-state index contributed by atoms with van der Waals surface area (Å²) in [7, 11) is 0. The van der Waals surface area contributed by atoms with Crippen LogP contribution >= 0.6 is 0 Å². The molecule has 0 saturated heterocycles. The van der Waals surface area contributed by atoms with Gasteiger partial charge in [0.25, 0.3) is 0 Å². The first kappa shape index (κ1) is 12.4. The maximum atomic E-state index is 13.0. The lowest BCUT2D eigenvalue weighted by molar-refractivity contribution is -0.118. The van der Waals surface area contributed by atoms with Gasteiger partial charge in [-0.05, 0) is 18.2 Å². The number of nitrogens with one attached hydrogen (secondary N) is 2. The van der Waals surface area contributed by atoms with Gasteiger partial charge in [0.15, 0.2) is 0 Å². The second-order valence-corrected chi connectivity index (χ2v) is 3.07. The number of anilines is 1. The fraction of sp³-hybridized carbons (Fsp3) is 0.100. The molecule has 0 radical (unpaired) electrons. The van der Waals surface area contributed by atoms with E-state index in [2.05, 4.69) is 5.32 Å². The molecular weight excluding hydrogens is 227 g/mol. The molecule has 0 fully saturated rings. The van der Waals surface area contributed by atoms with E-state index in [9.17, 15) is 14.0 Å². The Bertz CT molecular complexity index is 496. The SMILES string of the molecule is N#Cc1cc(NCC(=O)NC(N)=O)ccc1F. The Labute approximate surface area is 96.2 Å². The summed E-state index contributed by atoms with van der Waals surface area (Å²) < 4.78 is 13.0. The summed E-state index contributed by atoms with van der Waals surface area (Å²) in [4.78, 5) is 21.4. The van der Waals surface area contributed by atoms with Crippen LogP contribution in [0.3, 0.4) is 0 Å². The molecule has 3 amide bonds. The van der Waals surface area contributed by atoms with E-state index in [1.165, 1.54) is 12.1 Å². The number of rotatable bonds is 3. The van der Waals surface area contributed by atoms with Gasteiger partial charge in [-0.1, -0.05) is 0 Å². The van der Waals surface area contributed by atoms with Crippen molar-refractivity contribution in [3.05, 3.63) is 29.6 Å². The van der Waals surface area contributed by atoms with Gasteiger partial charge in [0, 0.05) is 5.69 Å². The standard InChI is InChI=1S/C10H9FN4O2/c11-8-2-1-7(3-6(8)4-12)14-5-9(16)15-10(13)17/h1-3,14H,5H2,(H3,13,15,16,17). The summed E-state index contributed by atoms with van der Waals surface area (Å²) in [6.07, 6.45) is 0. The molecule has 1 aromatic rings. The molecule has 0 aliphatic rings. The highest BCUT2D eigenvalue weighted by molar-refractivity contribution is 5.95. The minimum Gasteiger partial charge on any atom is -0.376 e. The molecule has 0 saturated carbocycles. The van der Waals surface area contributed by atoms with Crippen molar-refractivity contribution in [2.45, 2.75) is 0 Å². The lowest BCUT2D eigenvalue weighted by atomic mass is 10.2. The van der Waals surface area contributed by atoms with Crippen molar-refractivity contribution in [3.8, 4) is 6.07 Å². The number of halogens is 1. The van der Waals surface area contributed by atoms with Gasteiger partial charge in [-0.25, -0.2) is 9.18 Å². The number of primary amides is 1. The maximum absolute atomic E-state index is 13.0. The monoisotopic (exact) mass is 236 g/mol. The van der Waals surface area contributed by atoms with E-state index in [0.29, 0.717) is 5.69 Å². The number of carbonyl (C=O) groups excluding carboxylic acids is 2. The number of nitrogens with zero attached hydrogens (tertiary/aromatic N) is 1. The van der Waals surface area contributed by atoms with E-state index < -0.39 is 17.8 Å². The van der Waals surface area contributed by atoms with E-state index >= 15 is 0 Å². The quantitative estimate of drug-likeness (QED) is 0.701. The van der Waals surface area contributed by atoms with Gasteiger partial charge in [0.2, 0.25) is 5.91 Å². The summed E-state index contributed by atoms with van der Waals surface area (Å²) >= 11 is 0. The third-order valence-corrected chi connectivity index (χ3v) is 1.80. The fourth-order valence-electron chi connectivity index (χ4n) is 1.08. The van der Waals surface area contributed by atoms with Crippen LogP contribution < -0.4 is 16.4 Å². The van der Waals surface area contributed by atoms with Crippen molar-refractivity contribution in [2.24, 2.45) is 5.73 Å². The number of hydrogen-bond donors (Lipinski definition) is 3. The van der Waals surface area contributed by atoms with Crippen LogP contribution in [-0.4, -0.2) is 18.5 Å². The number of amides is 3. The Balaban J connectivity index is 2.61. The number of nitrogens with two attached hydrogens (primary N) is 1. The molecule has 0 bridgehead atoms. The zero-order chi connectivity index (χ0) is 12.8. The molecule has 7 heteroatoms. The Kier molecular flexibility index (Phi) is 4.00. The van der Waals surface area contributed by atoms with Crippen LogP contribution in [0.1, 0.15) is 5.56 Å². The fourth-order valence-corrected chi connectivity index (χ4v) is 1.08. The molecule has 6 nitrogen and oxygen atoms in total. The lowest BCUT2D eigenvalue weighted by Crippen LogP contribution is -2.38. The summed E-state index contributed by atoms with van der Waals surface area (Å²) in [5.74, 6) is -1.26. The van der Waals surface area contributed by atoms with Crippen LogP contribution in [-0.2, 0) is 4.79 Å². The Morgan fingerprint density at radius 3 is 2.76 bits per heavy atom. The summed E-state index contributed by atoms with van der Waals surface area (Å²) in [6, 6.07) is 4.45. The van der Waals surface area contributed by atoms with Gasteiger partial charge in [-0.2, -0.15) is 5.26 Å². The summed E-state index contributed by atoms with van der Waals surface area (Å²) in [5, 5.41) is 13.0. The molecule has 0 aliphatic heterocycles. The van der Waals surface area contributed by atoms with Crippen molar-refractivity contribution in [3.63, 3.8) is 0 Å². The largest absolute Gasteiger partial charge is 0.376 e. The number of urea groups is 1. The van der Waals surface area contributed by atoms with Gasteiger partial charge in [0.1, 0.15) is 11.9 Å². The average Bonchev–Trinajstić information content (AvgIpc) is 2.27. The zero-order valence-corrected chi connectivity index (χ0v) is 8.66. The lowest BCUT2D eigenvalue weighted by Gasteiger charge is -2.06. The highest BCUT2D eigenvalue weighted by atomic mass is 19.1. The van der Waals surface area contributed by atoms with E-state index in [-0.39, 0.29) is 12.1 Å². The van der Waals surface area contributed by atoms with Crippen molar-refractivity contribution < 1.29 is 14.0 Å². The predicted octanol–water partition coefficient (Wildman–Crippen LogP) is 0.304. The minimum absolute atomic E-state index is 0.134. The van der Waals surface area contributed by atoms with Crippen LogP contribution in [0.15, 0.2) is 18.2 Å². The van der Waals surface area contributed by atoms with E-state index in [1.807, 2.05) is 5.32 Å².